The van der Waals surface area contributed by atoms with Gasteiger partial charge in [0.25, 0.3) is 10.0 Å². The highest BCUT2D eigenvalue weighted by Crippen LogP contribution is 2.38. The van der Waals surface area contributed by atoms with Crippen molar-refractivity contribution in [3.63, 3.8) is 0 Å². The Morgan fingerprint density at radius 3 is 2.58 bits per heavy atom. The molecular formula is C21H17ClF3N5O5S3. The van der Waals surface area contributed by atoms with Gasteiger partial charge in [0, 0.05) is 21.5 Å². The fraction of sp³-hybridized carbons (Fsp3) is 0.238. The summed E-state index contributed by atoms with van der Waals surface area (Å²) in [6, 6.07) is 8.26. The van der Waals surface area contributed by atoms with E-state index in [1.165, 1.54) is 17.7 Å². The number of amides is 1. The Bertz CT molecular complexity index is 1640. The van der Waals surface area contributed by atoms with Crippen molar-refractivity contribution >= 4 is 82.3 Å². The highest BCUT2D eigenvalue weighted by molar-refractivity contribution is 7.92. The monoisotopic (exact) mass is 607 g/mol. The Labute approximate surface area is 225 Å². The van der Waals surface area contributed by atoms with Crippen molar-refractivity contribution in [1.29, 1.82) is 0 Å². The van der Waals surface area contributed by atoms with Gasteiger partial charge in [-0.1, -0.05) is 29.8 Å². The van der Waals surface area contributed by atoms with E-state index in [2.05, 4.69) is 14.7 Å². The molecule has 0 unspecified atom stereocenters. The van der Waals surface area contributed by atoms with E-state index in [0.717, 1.165) is 31.1 Å². The van der Waals surface area contributed by atoms with Crippen LogP contribution >= 0.6 is 34.3 Å². The van der Waals surface area contributed by atoms with E-state index < -0.39 is 28.2 Å². The van der Waals surface area contributed by atoms with Gasteiger partial charge in [0.15, 0.2) is 4.21 Å². The summed E-state index contributed by atoms with van der Waals surface area (Å²) < 4.78 is 61.8. The van der Waals surface area contributed by atoms with E-state index in [1.54, 1.807) is 17.0 Å². The summed E-state index contributed by atoms with van der Waals surface area (Å²) in [5.74, 6) is -2.62. The normalized spacial score (nSPS) is 16.2. The number of likely N-dealkylation sites (tertiary alicyclic amines) is 1. The van der Waals surface area contributed by atoms with Crippen LogP contribution in [-0.4, -0.2) is 59.0 Å². The van der Waals surface area contributed by atoms with E-state index >= 15 is 0 Å². The zero-order chi connectivity index (χ0) is 27.8. The zero-order valence-electron chi connectivity index (χ0n) is 18.9. The molecule has 1 amide bonds. The lowest BCUT2D eigenvalue weighted by Gasteiger charge is -2.16. The summed E-state index contributed by atoms with van der Waals surface area (Å²) in [4.78, 5) is 32.5. The van der Waals surface area contributed by atoms with Crippen LogP contribution in [0.5, 0.6) is 0 Å². The Balaban J connectivity index is 0.000000426. The molecule has 4 aromatic rings. The van der Waals surface area contributed by atoms with Crippen LogP contribution in [0.15, 0.2) is 40.9 Å². The van der Waals surface area contributed by atoms with Crippen LogP contribution in [-0.2, 0) is 26.2 Å². The van der Waals surface area contributed by atoms with Crippen LogP contribution < -0.4 is 10.5 Å². The molecule has 38 heavy (non-hydrogen) atoms. The molecule has 0 aliphatic carbocycles. The molecule has 202 valence electrons. The van der Waals surface area contributed by atoms with Crippen molar-refractivity contribution in [3.05, 3.63) is 46.6 Å². The molecule has 10 nitrogen and oxygen atoms in total. The van der Waals surface area contributed by atoms with Gasteiger partial charge in [-0.3, -0.25) is 4.79 Å². The number of nitrogens with zero attached hydrogens (tertiary/aromatic N) is 3. The first-order valence-corrected chi connectivity index (χ1v) is 14.0. The molecular weight excluding hydrogens is 591 g/mol. The fourth-order valence-electron chi connectivity index (χ4n) is 3.60. The minimum Gasteiger partial charge on any atom is -0.475 e. The fourth-order valence-corrected chi connectivity index (χ4v) is 7.99. The van der Waals surface area contributed by atoms with Crippen molar-refractivity contribution in [2.75, 3.05) is 12.3 Å². The van der Waals surface area contributed by atoms with Crippen molar-refractivity contribution in [1.82, 2.24) is 19.6 Å². The summed E-state index contributed by atoms with van der Waals surface area (Å²) in [6.07, 6.45) is -3.30. The average molecular weight is 608 g/mol. The molecule has 1 aromatic carbocycles. The van der Waals surface area contributed by atoms with Gasteiger partial charge >= 0.3 is 12.1 Å². The van der Waals surface area contributed by atoms with E-state index in [1.807, 2.05) is 18.2 Å². The number of carbonyl (C=O) groups is 2. The number of nitrogens with two attached hydrogens (primary N) is 1. The van der Waals surface area contributed by atoms with Gasteiger partial charge in [0.2, 0.25) is 5.91 Å². The minimum atomic E-state index is -5.08. The molecule has 4 heterocycles. The second-order valence-electron chi connectivity index (χ2n) is 7.91. The summed E-state index contributed by atoms with van der Waals surface area (Å²) >= 11 is 8.85. The van der Waals surface area contributed by atoms with Gasteiger partial charge in [-0.25, -0.2) is 23.2 Å². The number of aromatic nitrogens is 2. The number of alkyl halides is 3. The van der Waals surface area contributed by atoms with Crippen molar-refractivity contribution in [2.24, 2.45) is 0 Å². The SMILES string of the molecule is Nc1ncnc2cc(CN3CC[C@H](NS(=O)(=O)c4sc5ccccc5c4Cl)C3=O)sc12.O=C(O)C(F)(F)F. The highest BCUT2D eigenvalue weighted by atomic mass is 35.5. The van der Waals surface area contributed by atoms with E-state index in [4.69, 9.17) is 27.2 Å². The van der Waals surface area contributed by atoms with Crippen LogP contribution in [0.25, 0.3) is 20.3 Å². The maximum atomic E-state index is 13.0. The third-order valence-corrected chi connectivity index (χ3v) is 10.2. The number of fused-ring (bicyclic) bond motifs is 2. The first-order chi connectivity index (χ1) is 17.8. The third kappa shape index (κ3) is 5.83. The van der Waals surface area contributed by atoms with Crippen molar-refractivity contribution in [3.8, 4) is 0 Å². The van der Waals surface area contributed by atoms with Crippen LogP contribution in [0.2, 0.25) is 5.02 Å². The number of nitrogens with one attached hydrogen (secondary N) is 1. The Morgan fingerprint density at radius 1 is 1.26 bits per heavy atom. The second kappa shape index (κ2) is 10.6. The largest absolute Gasteiger partial charge is 0.490 e. The molecule has 1 aliphatic rings. The van der Waals surface area contributed by atoms with Gasteiger partial charge in [-0.15, -0.1) is 22.7 Å². The number of aliphatic carboxylic acids is 1. The summed E-state index contributed by atoms with van der Waals surface area (Å²) in [7, 11) is -3.93. The quantitative estimate of drug-likeness (QED) is 0.309. The van der Waals surface area contributed by atoms with Crippen LogP contribution in [0.3, 0.4) is 0 Å². The number of halogens is 4. The van der Waals surface area contributed by atoms with Gasteiger partial charge in [0.05, 0.1) is 21.8 Å². The Hall–Kier alpha value is -3.05. The number of sulfonamides is 1. The third-order valence-electron chi connectivity index (χ3n) is 5.32. The number of hydrogen-bond acceptors (Lipinski definition) is 9. The molecule has 0 bridgehead atoms. The Morgan fingerprint density at radius 2 is 1.95 bits per heavy atom. The highest BCUT2D eigenvalue weighted by Gasteiger charge is 2.38. The van der Waals surface area contributed by atoms with Gasteiger partial charge in [0.1, 0.15) is 18.2 Å². The lowest BCUT2D eigenvalue weighted by Crippen LogP contribution is -2.41. The molecule has 4 N–H and O–H groups in total. The molecule has 0 saturated carbocycles. The average Bonchev–Trinajstić information content (AvgIpc) is 3.51. The first-order valence-electron chi connectivity index (χ1n) is 10.5. The minimum absolute atomic E-state index is 0.0279. The first kappa shape index (κ1) is 28.0. The number of hydrogen-bond donors (Lipinski definition) is 3. The van der Waals surface area contributed by atoms with Crippen LogP contribution in [0, 0.1) is 0 Å². The molecule has 3 aromatic heterocycles. The number of anilines is 1. The summed E-state index contributed by atoms with van der Waals surface area (Å²) in [5, 5.41) is 7.99. The topological polar surface area (TPSA) is 156 Å². The molecule has 1 saturated heterocycles. The van der Waals surface area contributed by atoms with E-state index in [0.29, 0.717) is 30.7 Å². The van der Waals surface area contributed by atoms with Gasteiger partial charge < -0.3 is 15.7 Å². The van der Waals surface area contributed by atoms with E-state index in [9.17, 15) is 26.4 Å². The van der Waals surface area contributed by atoms with Crippen LogP contribution in [0.1, 0.15) is 11.3 Å². The molecule has 1 atom stereocenters. The molecule has 1 aliphatic heterocycles. The molecule has 5 rings (SSSR count). The van der Waals surface area contributed by atoms with Crippen molar-refractivity contribution in [2.45, 2.75) is 29.4 Å². The Kier molecular flexibility index (Phi) is 7.81. The number of carboxylic acids is 1. The maximum absolute atomic E-state index is 13.0. The van der Waals surface area contributed by atoms with Gasteiger partial charge in [-0.05, 0) is 18.6 Å². The predicted molar refractivity (Wildman–Crippen MR) is 136 cm³/mol. The maximum Gasteiger partial charge on any atom is 0.490 e. The number of rotatable bonds is 5. The standard InChI is InChI=1S/C19H16ClN5O3S3.C2HF3O2/c20-15-11-3-1-2-4-14(11)30-19(15)31(27,28)24-12-5-6-25(18(12)26)8-10-7-13-16(29-10)17(21)23-9-22-13;3-2(4,5)1(6)7/h1-4,7,9,12,24H,5-6,8H2,(H2,21,22,23);(H,6,7)/t12-;/m0./s1. The summed E-state index contributed by atoms with van der Waals surface area (Å²) in [5.41, 5.74) is 6.62. The molecule has 17 heteroatoms. The van der Waals surface area contributed by atoms with Gasteiger partial charge in [-0.2, -0.15) is 17.9 Å². The molecule has 1 fully saturated rings. The smallest absolute Gasteiger partial charge is 0.475 e. The lowest BCUT2D eigenvalue weighted by atomic mass is 10.3. The number of nitrogen functional groups attached to an aromatic ring is 1. The number of thiophene rings is 2. The molecule has 0 radical (unpaired) electrons. The van der Waals surface area contributed by atoms with Crippen molar-refractivity contribution < 1.29 is 36.3 Å². The van der Waals surface area contributed by atoms with E-state index in [-0.39, 0.29) is 15.1 Å². The zero-order valence-corrected chi connectivity index (χ0v) is 22.1. The summed E-state index contributed by atoms with van der Waals surface area (Å²) in [6.45, 7) is 0.808. The number of carbonyl (C=O) groups excluding carboxylic acids is 1. The van der Waals surface area contributed by atoms with Crippen LogP contribution in [0.4, 0.5) is 19.0 Å². The molecule has 0 spiro atoms. The number of benzene rings is 1. The second-order valence-corrected chi connectivity index (χ2v) is 12.4. The number of carboxylic acid groups (broad SMARTS) is 1. The predicted octanol–water partition coefficient (Wildman–Crippen LogP) is 3.85. The lowest BCUT2D eigenvalue weighted by molar-refractivity contribution is -0.192.